The van der Waals surface area contributed by atoms with Crippen molar-refractivity contribution in [2.45, 2.75) is 12.0 Å². The molecule has 0 aliphatic carbocycles. The van der Waals surface area contributed by atoms with Crippen LogP contribution in [0.15, 0.2) is 103 Å². The molecule has 0 aliphatic heterocycles. The minimum Gasteiger partial charge on any atom is -0.497 e. The summed E-state index contributed by atoms with van der Waals surface area (Å²) < 4.78 is 17.7. The van der Waals surface area contributed by atoms with E-state index in [1.807, 2.05) is 66.7 Å². The maximum atomic E-state index is 6.86. The second-order valence-corrected chi connectivity index (χ2v) is 7.84. The van der Waals surface area contributed by atoms with Crippen molar-refractivity contribution in [1.82, 2.24) is 0 Å². The number of hydrogen-bond acceptors (Lipinski definition) is 4. The molecule has 0 saturated heterocycles. The highest BCUT2D eigenvalue weighted by Crippen LogP contribution is 2.41. The topological polar surface area (TPSA) is 53.7 Å². The third kappa shape index (κ3) is 4.86. The lowest BCUT2D eigenvalue weighted by atomic mass is 9.80. The second kappa shape index (κ2) is 10.2. The Labute approximate surface area is 195 Å². The minimum atomic E-state index is -0.798. The van der Waals surface area contributed by atoms with Crippen LogP contribution in [0.25, 0.3) is 0 Å². The highest BCUT2D eigenvalue weighted by molar-refractivity contribution is 5.49. The summed E-state index contributed by atoms with van der Waals surface area (Å²) in [5.74, 6) is 1.61. The summed E-state index contributed by atoms with van der Waals surface area (Å²) in [6.07, 6.45) is 0.765. The van der Waals surface area contributed by atoms with E-state index in [-0.39, 0.29) is 0 Å². The van der Waals surface area contributed by atoms with Gasteiger partial charge in [-0.3, -0.25) is 0 Å². The normalized spacial score (nSPS) is 11.2. The van der Waals surface area contributed by atoms with Crippen molar-refractivity contribution >= 4 is 5.69 Å². The highest BCUT2D eigenvalue weighted by atomic mass is 16.5. The van der Waals surface area contributed by atoms with Gasteiger partial charge in [0.05, 0.1) is 20.8 Å². The smallest absolute Gasteiger partial charge is 0.143 e. The zero-order valence-electron chi connectivity index (χ0n) is 19.0. The number of ether oxygens (including phenoxy) is 3. The molecule has 0 unspecified atom stereocenters. The Morgan fingerprint density at radius 1 is 0.606 bits per heavy atom. The molecule has 4 aromatic carbocycles. The fourth-order valence-corrected chi connectivity index (χ4v) is 4.08. The number of hydrogen-bond donors (Lipinski definition) is 1. The zero-order valence-corrected chi connectivity index (χ0v) is 19.0. The van der Waals surface area contributed by atoms with Gasteiger partial charge in [-0.15, -0.1) is 0 Å². The lowest BCUT2D eigenvalue weighted by Gasteiger charge is -2.36. The zero-order chi connectivity index (χ0) is 23.1. The first-order valence-electron chi connectivity index (χ1n) is 11.0. The molecule has 0 amide bonds. The van der Waals surface area contributed by atoms with Crippen molar-refractivity contribution in [3.8, 4) is 11.5 Å². The van der Waals surface area contributed by atoms with Crippen LogP contribution in [0.1, 0.15) is 22.3 Å². The first kappa shape index (κ1) is 22.4. The average molecular weight is 440 g/mol. The van der Waals surface area contributed by atoms with E-state index in [0.717, 1.165) is 40.3 Å². The Balaban J connectivity index is 1.79. The van der Waals surface area contributed by atoms with E-state index in [1.165, 1.54) is 5.56 Å². The number of benzene rings is 4. The van der Waals surface area contributed by atoms with Gasteiger partial charge in [0.25, 0.3) is 0 Å². The molecule has 33 heavy (non-hydrogen) atoms. The Hall–Kier alpha value is -3.76. The number of nitrogens with two attached hydrogens (primary N) is 1. The molecule has 0 saturated carbocycles. The largest absolute Gasteiger partial charge is 0.497 e. The van der Waals surface area contributed by atoms with Gasteiger partial charge in [-0.2, -0.15) is 0 Å². The fourth-order valence-electron chi connectivity index (χ4n) is 4.08. The van der Waals surface area contributed by atoms with Crippen LogP contribution in [-0.4, -0.2) is 20.8 Å². The predicted molar refractivity (Wildman–Crippen MR) is 133 cm³/mol. The van der Waals surface area contributed by atoms with Gasteiger partial charge in [0.1, 0.15) is 17.1 Å². The summed E-state index contributed by atoms with van der Waals surface area (Å²) >= 11 is 0. The van der Waals surface area contributed by atoms with Gasteiger partial charge in [-0.25, -0.2) is 0 Å². The average Bonchev–Trinajstić information content (AvgIpc) is 2.89. The van der Waals surface area contributed by atoms with Gasteiger partial charge in [0.15, 0.2) is 0 Å². The van der Waals surface area contributed by atoms with Crippen LogP contribution in [0.5, 0.6) is 11.5 Å². The number of anilines is 1. The molecule has 0 radical (unpaired) electrons. The van der Waals surface area contributed by atoms with E-state index in [2.05, 4.69) is 36.4 Å². The van der Waals surface area contributed by atoms with Gasteiger partial charge in [-0.05, 0) is 65.1 Å². The Morgan fingerprint density at radius 2 is 1.09 bits per heavy atom. The molecule has 4 aromatic rings. The molecule has 0 heterocycles. The third-order valence-electron chi connectivity index (χ3n) is 5.86. The van der Waals surface area contributed by atoms with Crippen LogP contribution in [0.3, 0.4) is 0 Å². The molecule has 0 fully saturated rings. The molecule has 2 N–H and O–H groups in total. The van der Waals surface area contributed by atoms with Crippen LogP contribution in [0.2, 0.25) is 0 Å². The summed E-state index contributed by atoms with van der Waals surface area (Å²) in [6, 6.07) is 34.4. The fraction of sp³-hybridized carbons (Fsp3) is 0.172. The van der Waals surface area contributed by atoms with Gasteiger partial charge in [0.2, 0.25) is 0 Å². The first-order chi connectivity index (χ1) is 16.2. The van der Waals surface area contributed by atoms with Gasteiger partial charge in [-0.1, -0.05) is 66.7 Å². The molecule has 168 valence electrons. The Morgan fingerprint density at radius 3 is 1.58 bits per heavy atom. The molecule has 0 atom stereocenters. The van der Waals surface area contributed by atoms with Crippen LogP contribution < -0.4 is 15.2 Å². The Bertz CT molecular complexity index is 1090. The van der Waals surface area contributed by atoms with Gasteiger partial charge < -0.3 is 19.9 Å². The molecule has 0 spiro atoms. The molecule has 4 heteroatoms. The lowest BCUT2D eigenvalue weighted by molar-refractivity contribution is 0.0147. The summed E-state index contributed by atoms with van der Waals surface area (Å²) in [4.78, 5) is 0. The standard InChI is InChI=1S/C29H29NO3/c1-31-27-16-10-24(11-17-27)29(23-6-4-3-5-7-23,25-12-18-28(32-2)19-13-25)33-21-20-22-8-14-26(30)15-9-22/h3-19H,20-21,30H2,1-2H3. The van der Waals surface area contributed by atoms with E-state index in [1.54, 1.807) is 14.2 Å². The number of nitrogen functional groups attached to an aromatic ring is 1. The van der Waals surface area contributed by atoms with Crippen LogP contribution >= 0.6 is 0 Å². The summed E-state index contributed by atoms with van der Waals surface area (Å²) in [5.41, 5.74) is 10.1. The van der Waals surface area contributed by atoms with Crippen LogP contribution in [0.4, 0.5) is 5.69 Å². The van der Waals surface area contributed by atoms with Crippen LogP contribution in [-0.2, 0) is 16.8 Å². The number of rotatable bonds is 9. The van der Waals surface area contributed by atoms with Crippen LogP contribution in [0, 0.1) is 0 Å². The SMILES string of the molecule is COc1ccc(C(OCCc2ccc(N)cc2)(c2ccccc2)c2ccc(OC)cc2)cc1. The summed E-state index contributed by atoms with van der Waals surface area (Å²) in [6.45, 7) is 0.525. The van der Waals surface area contributed by atoms with Crippen molar-refractivity contribution in [3.63, 3.8) is 0 Å². The van der Waals surface area contributed by atoms with Crippen molar-refractivity contribution in [3.05, 3.63) is 125 Å². The monoisotopic (exact) mass is 439 g/mol. The molecule has 4 nitrogen and oxygen atoms in total. The molecule has 0 bridgehead atoms. The number of methoxy groups -OCH3 is 2. The van der Waals surface area contributed by atoms with E-state index >= 15 is 0 Å². The lowest BCUT2D eigenvalue weighted by Crippen LogP contribution is -2.33. The first-order valence-corrected chi connectivity index (χ1v) is 11.0. The van der Waals surface area contributed by atoms with Crippen molar-refractivity contribution in [2.75, 3.05) is 26.6 Å². The van der Waals surface area contributed by atoms with Crippen molar-refractivity contribution < 1.29 is 14.2 Å². The third-order valence-corrected chi connectivity index (χ3v) is 5.86. The maximum absolute atomic E-state index is 6.86. The van der Waals surface area contributed by atoms with Gasteiger partial charge >= 0.3 is 0 Å². The summed E-state index contributed by atoms with van der Waals surface area (Å²) in [7, 11) is 3.35. The predicted octanol–water partition coefficient (Wildman–Crippen LogP) is 5.84. The van der Waals surface area contributed by atoms with E-state index in [4.69, 9.17) is 19.9 Å². The van der Waals surface area contributed by atoms with Crippen molar-refractivity contribution in [1.29, 1.82) is 0 Å². The second-order valence-electron chi connectivity index (χ2n) is 7.84. The van der Waals surface area contributed by atoms with E-state index < -0.39 is 5.60 Å². The molecular formula is C29H29NO3. The van der Waals surface area contributed by atoms with E-state index in [0.29, 0.717) is 6.61 Å². The highest BCUT2D eigenvalue weighted by Gasteiger charge is 2.37. The minimum absolute atomic E-state index is 0.525. The van der Waals surface area contributed by atoms with Gasteiger partial charge in [0, 0.05) is 5.69 Å². The summed E-state index contributed by atoms with van der Waals surface area (Å²) in [5, 5.41) is 0. The molecular weight excluding hydrogens is 410 g/mol. The van der Waals surface area contributed by atoms with E-state index in [9.17, 15) is 0 Å². The molecule has 0 aliphatic rings. The quantitative estimate of drug-likeness (QED) is 0.263. The maximum Gasteiger partial charge on any atom is 0.143 e. The molecule has 0 aromatic heterocycles. The van der Waals surface area contributed by atoms with Crippen molar-refractivity contribution in [2.24, 2.45) is 0 Å². The molecule has 4 rings (SSSR count). The Kier molecular flexibility index (Phi) is 6.96.